The Morgan fingerprint density at radius 1 is 1.26 bits per heavy atom. The smallest absolute Gasteiger partial charge is 0.107 e. The van der Waals surface area contributed by atoms with Crippen molar-refractivity contribution in [2.24, 2.45) is 0 Å². The van der Waals surface area contributed by atoms with Gasteiger partial charge in [0, 0.05) is 9.86 Å². The van der Waals surface area contributed by atoms with Crippen LogP contribution in [0.3, 0.4) is 0 Å². The Balaban J connectivity index is 2.69. The van der Waals surface area contributed by atoms with Gasteiger partial charge >= 0.3 is 0 Å². The first-order chi connectivity index (χ1) is 9.17. The fraction of sp³-hybridized carbons (Fsp3) is 0.154. The normalized spacial score (nSPS) is 9.84. The molecule has 0 fully saturated rings. The van der Waals surface area contributed by atoms with Gasteiger partial charge in [0.2, 0.25) is 0 Å². The zero-order valence-electron chi connectivity index (χ0n) is 9.97. The van der Waals surface area contributed by atoms with Crippen LogP contribution in [0.25, 0.3) is 10.9 Å². The topological polar surface area (TPSA) is 89.7 Å². The number of benzene rings is 1. The maximum absolute atomic E-state index is 8.88. The lowest BCUT2D eigenvalue weighted by Gasteiger charge is -2.21. The molecule has 0 spiro atoms. The monoisotopic (exact) mass is 315 g/mol. The molecule has 0 amide bonds. The molecule has 94 valence electrons. The minimum Gasteiger partial charge on any atom is -0.396 e. The predicted molar refractivity (Wildman–Crippen MR) is 77.3 cm³/mol. The number of aromatic nitrogens is 1. The number of nitrogens with zero attached hydrogens (tertiary/aromatic N) is 4. The maximum atomic E-state index is 8.88. The lowest BCUT2D eigenvalue weighted by molar-refractivity contribution is 0.972. The number of hydrogen-bond donors (Lipinski definition) is 1. The fourth-order valence-electron chi connectivity index (χ4n) is 1.90. The van der Waals surface area contributed by atoms with Gasteiger partial charge in [-0.25, -0.2) is 0 Å². The van der Waals surface area contributed by atoms with Crippen LogP contribution in [0.5, 0.6) is 0 Å². The number of rotatable bonds is 3. The van der Waals surface area contributed by atoms with E-state index in [1.807, 2.05) is 30.3 Å². The Bertz CT molecular complexity index is 677. The lowest BCUT2D eigenvalue weighted by Crippen LogP contribution is -2.25. The summed E-state index contributed by atoms with van der Waals surface area (Å²) in [5.41, 5.74) is 7.86. The van der Waals surface area contributed by atoms with Crippen LogP contribution in [0.4, 0.5) is 11.4 Å². The average Bonchev–Trinajstić information content (AvgIpc) is 2.38. The molecule has 0 saturated heterocycles. The van der Waals surface area contributed by atoms with Crippen LogP contribution in [0.15, 0.2) is 28.9 Å². The summed E-state index contributed by atoms with van der Waals surface area (Å²) in [6.45, 7) is 0.201. The zero-order chi connectivity index (χ0) is 13.8. The molecule has 2 N–H and O–H groups in total. The van der Waals surface area contributed by atoms with Crippen LogP contribution in [0.2, 0.25) is 0 Å². The average molecular weight is 316 g/mol. The Kier molecular flexibility index (Phi) is 3.84. The fourth-order valence-corrected chi connectivity index (χ4v) is 2.26. The third-order valence-corrected chi connectivity index (χ3v) is 3.16. The number of hydrogen-bond acceptors (Lipinski definition) is 5. The summed E-state index contributed by atoms with van der Waals surface area (Å²) in [6, 6.07) is 9.72. The number of nitriles is 2. The molecular weight excluding hydrogens is 306 g/mol. The second-order valence-electron chi connectivity index (χ2n) is 3.90. The van der Waals surface area contributed by atoms with Crippen LogP contribution >= 0.6 is 15.9 Å². The van der Waals surface area contributed by atoms with Crippen molar-refractivity contribution >= 4 is 38.2 Å². The van der Waals surface area contributed by atoms with Crippen LogP contribution in [0.1, 0.15) is 0 Å². The first-order valence-electron chi connectivity index (χ1n) is 5.50. The van der Waals surface area contributed by atoms with Gasteiger partial charge in [-0.15, -0.1) is 0 Å². The standard InChI is InChI=1S/C13H10BrN5/c14-9-1-2-12-10(7-9)13(11(17)8-18-12)19(5-3-15)6-4-16/h1-2,7-8H,5-6,17H2. The largest absolute Gasteiger partial charge is 0.396 e. The summed E-state index contributed by atoms with van der Waals surface area (Å²) in [7, 11) is 0. The van der Waals surface area contributed by atoms with Gasteiger partial charge in [0.15, 0.2) is 0 Å². The molecule has 1 aromatic carbocycles. The second-order valence-corrected chi connectivity index (χ2v) is 4.81. The van der Waals surface area contributed by atoms with E-state index in [9.17, 15) is 0 Å². The molecule has 19 heavy (non-hydrogen) atoms. The molecule has 5 nitrogen and oxygen atoms in total. The van der Waals surface area contributed by atoms with Gasteiger partial charge in [0.05, 0.1) is 35.2 Å². The van der Waals surface area contributed by atoms with E-state index < -0.39 is 0 Å². The molecule has 0 aliphatic carbocycles. The van der Waals surface area contributed by atoms with Gasteiger partial charge < -0.3 is 10.6 Å². The Morgan fingerprint density at radius 2 is 1.95 bits per heavy atom. The van der Waals surface area contributed by atoms with Crippen LogP contribution in [-0.2, 0) is 0 Å². The molecule has 0 unspecified atom stereocenters. The first-order valence-corrected chi connectivity index (χ1v) is 6.29. The van der Waals surface area contributed by atoms with E-state index in [4.69, 9.17) is 16.3 Å². The second kappa shape index (κ2) is 5.55. The highest BCUT2D eigenvalue weighted by atomic mass is 79.9. The van der Waals surface area contributed by atoms with E-state index >= 15 is 0 Å². The van der Waals surface area contributed by atoms with Gasteiger partial charge in [-0.2, -0.15) is 10.5 Å². The van der Waals surface area contributed by atoms with Crippen molar-refractivity contribution in [1.29, 1.82) is 10.5 Å². The Labute approximate surface area is 119 Å². The van der Waals surface area contributed by atoms with E-state index in [1.54, 1.807) is 11.1 Å². The van der Waals surface area contributed by atoms with Crippen molar-refractivity contribution in [2.75, 3.05) is 23.7 Å². The number of halogens is 1. The number of nitrogens with two attached hydrogens (primary N) is 1. The molecule has 0 radical (unpaired) electrons. The van der Waals surface area contributed by atoms with Gasteiger partial charge in [-0.1, -0.05) is 15.9 Å². The van der Waals surface area contributed by atoms with Crippen molar-refractivity contribution < 1.29 is 0 Å². The van der Waals surface area contributed by atoms with Gasteiger partial charge in [0.25, 0.3) is 0 Å². The summed E-state index contributed by atoms with van der Waals surface area (Å²) < 4.78 is 0.891. The molecule has 1 aromatic heterocycles. The third-order valence-electron chi connectivity index (χ3n) is 2.67. The van der Waals surface area contributed by atoms with Crippen molar-refractivity contribution in [3.63, 3.8) is 0 Å². The molecule has 1 heterocycles. The highest BCUT2D eigenvalue weighted by Gasteiger charge is 2.14. The molecule has 2 aromatic rings. The highest BCUT2D eigenvalue weighted by molar-refractivity contribution is 9.10. The minimum absolute atomic E-state index is 0.101. The maximum Gasteiger partial charge on any atom is 0.107 e. The molecule has 0 atom stereocenters. The zero-order valence-corrected chi connectivity index (χ0v) is 11.6. The van der Waals surface area contributed by atoms with E-state index in [0.717, 1.165) is 15.4 Å². The number of nitrogen functional groups attached to an aromatic ring is 1. The molecule has 0 aliphatic heterocycles. The van der Waals surface area contributed by atoms with Crippen molar-refractivity contribution in [3.05, 3.63) is 28.9 Å². The van der Waals surface area contributed by atoms with Crippen LogP contribution < -0.4 is 10.6 Å². The molecule has 0 saturated carbocycles. The Hall–Kier alpha value is -2.31. The van der Waals surface area contributed by atoms with Gasteiger partial charge in [0.1, 0.15) is 13.1 Å². The van der Waals surface area contributed by atoms with Crippen LogP contribution in [-0.4, -0.2) is 18.1 Å². The predicted octanol–water partition coefficient (Wildman–Crippen LogP) is 2.43. The SMILES string of the molecule is N#CCN(CC#N)c1c(N)cnc2ccc(Br)cc12. The van der Waals surface area contributed by atoms with Crippen molar-refractivity contribution in [1.82, 2.24) is 4.98 Å². The molecule has 0 bridgehead atoms. The highest BCUT2D eigenvalue weighted by Crippen LogP contribution is 2.32. The van der Waals surface area contributed by atoms with Crippen molar-refractivity contribution in [2.45, 2.75) is 0 Å². The lowest BCUT2D eigenvalue weighted by atomic mass is 10.1. The van der Waals surface area contributed by atoms with E-state index in [-0.39, 0.29) is 13.1 Å². The Morgan fingerprint density at radius 3 is 2.58 bits per heavy atom. The summed E-state index contributed by atoms with van der Waals surface area (Å²) in [5, 5.41) is 18.6. The summed E-state index contributed by atoms with van der Waals surface area (Å²) >= 11 is 3.40. The number of anilines is 2. The van der Waals surface area contributed by atoms with Crippen molar-refractivity contribution in [3.8, 4) is 12.1 Å². The molecular formula is C13H10BrN5. The van der Waals surface area contributed by atoms with E-state index in [2.05, 4.69) is 20.9 Å². The van der Waals surface area contributed by atoms with Gasteiger partial charge in [-0.3, -0.25) is 4.98 Å². The summed E-state index contributed by atoms with van der Waals surface area (Å²) in [5.74, 6) is 0. The van der Waals surface area contributed by atoms with E-state index in [0.29, 0.717) is 11.4 Å². The summed E-state index contributed by atoms with van der Waals surface area (Å²) in [6.07, 6.45) is 1.55. The van der Waals surface area contributed by atoms with Gasteiger partial charge in [-0.05, 0) is 18.2 Å². The number of fused-ring (bicyclic) bond motifs is 1. The van der Waals surface area contributed by atoms with Crippen LogP contribution in [0, 0.1) is 22.7 Å². The minimum atomic E-state index is 0.101. The number of pyridine rings is 1. The quantitative estimate of drug-likeness (QED) is 0.878. The third kappa shape index (κ3) is 2.59. The first kappa shape index (κ1) is 13.1. The van der Waals surface area contributed by atoms with E-state index in [1.165, 1.54) is 0 Å². The molecule has 6 heteroatoms. The summed E-state index contributed by atoms with van der Waals surface area (Å²) in [4.78, 5) is 5.89. The molecule has 0 aliphatic rings. The molecule has 2 rings (SSSR count).